The first-order valence-electron chi connectivity index (χ1n) is 6.40. The van der Waals surface area contributed by atoms with Crippen LogP contribution in [0.3, 0.4) is 0 Å². The Morgan fingerprint density at radius 2 is 1.93 bits per heavy atom. The lowest BCUT2D eigenvalue weighted by Crippen LogP contribution is -2.47. The predicted molar refractivity (Wildman–Crippen MR) is 58.6 cm³/mol. The highest BCUT2D eigenvalue weighted by Gasteiger charge is 2.40. The molecule has 1 N–H and O–H groups in total. The normalized spacial score (nSPS) is 35.1. The van der Waals surface area contributed by atoms with Gasteiger partial charge in [0.15, 0.2) is 0 Å². The summed E-state index contributed by atoms with van der Waals surface area (Å²) in [5, 5.41) is 3.19. The van der Waals surface area contributed by atoms with Gasteiger partial charge >= 0.3 is 6.03 Å². The van der Waals surface area contributed by atoms with Crippen molar-refractivity contribution in [3.05, 3.63) is 0 Å². The van der Waals surface area contributed by atoms with E-state index >= 15 is 0 Å². The molecule has 2 saturated carbocycles. The number of nitrogens with one attached hydrogen (secondary N) is 1. The highest BCUT2D eigenvalue weighted by molar-refractivity contribution is 5.75. The molecular weight excluding hydrogens is 188 g/mol. The third-order valence-corrected chi connectivity index (χ3v) is 4.35. The molecule has 2 unspecified atom stereocenters. The third kappa shape index (κ3) is 1.72. The number of nitrogens with zero attached hydrogens (tertiary/aromatic N) is 1. The molecule has 0 aromatic heterocycles. The maximum absolute atomic E-state index is 12.0. The Balaban J connectivity index is 1.56. The van der Waals surface area contributed by atoms with Crippen molar-refractivity contribution in [3.8, 4) is 0 Å². The second-order valence-corrected chi connectivity index (χ2v) is 5.42. The lowest BCUT2D eigenvalue weighted by atomic mass is 10.1. The van der Waals surface area contributed by atoms with Crippen LogP contribution in [-0.4, -0.2) is 29.6 Å². The van der Waals surface area contributed by atoms with E-state index in [-0.39, 0.29) is 6.03 Å². The standard InChI is InChI=1S/C12H20N2O/c15-12(13-10-3-1-2-4-10)14-8-9-5-6-11(14)7-9/h9-11H,1-8H2,(H,13,15). The van der Waals surface area contributed by atoms with Gasteiger partial charge in [-0.1, -0.05) is 12.8 Å². The summed E-state index contributed by atoms with van der Waals surface area (Å²) in [6, 6.07) is 1.25. The quantitative estimate of drug-likeness (QED) is 0.703. The molecule has 0 aromatic rings. The van der Waals surface area contributed by atoms with E-state index in [4.69, 9.17) is 0 Å². The number of hydrogen-bond donors (Lipinski definition) is 1. The van der Waals surface area contributed by atoms with E-state index in [0.29, 0.717) is 12.1 Å². The SMILES string of the molecule is O=C(NC1CCCC1)N1CC2CCC1C2. The first kappa shape index (κ1) is 9.49. The van der Waals surface area contributed by atoms with Gasteiger partial charge in [0.25, 0.3) is 0 Å². The summed E-state index contributed by atoms with van der Waals surface area (Å²) in [5.74, 6) is 0.810. The molecule has 3 heteroatoms. The molecule has 84 valence electrons. The van der Waals surface area contributed by atoms with E-state index in [0.717, 1.165) is 12.5 Å². The van der Waals surface area contributed by atoms with Gasteiger partial charge in [-0.2, -0.15) is 0 Å². The summed E-state index contributed by atoms with van der Waals surface area (Å²) in [4.78, 5) is 14.1. The van der Waals surface area contributed by atoms with Crippen LogP contribution in [0.2, 0.25) is 0 Å². The molecule has 1 heterocycles. The zero-order valence-electron chi connectivity index (χ0n) is 9.24. The molecule has 2 amide bonds. The van der Waals surface area contributed by atoms with Crippen molar-refractivity contribution in [1.29, 1.82) is 0 Å². The Morgan fingerprint density at radius 3 is 2.53 bits per heavy atom. The van der Waals surface area contributed by atoms with Crippen LogP contribution < -0.4 is 5.32 Å². The Morgan fingerprint density at radius 1 is 1.13 bits per heavy atom. The molecule has 3 aliphatic rings. The monoisotopic (exact) mass is 208 g/mol. The Bertz CT molecular complexity index is 260. The number of hydrogen-bond acceptors (Lipinski definition) is 1. The molecule has 2 aliphatic carbocycles. The maximum atomic E-state index is 12.0. The summed E-state index contributed by atoms with van der Waals surface area (Å²) in [5.41, 5.74) is 0. The highest BCUT2D eigenvalue weighted by Crippen LogP contribution is 2.37. The first-order chi connectivity index (χ1) is 7.33. The van der Waals surface area contributed by atoms with Gasteiger partial charge in [0, 0.05) is 18.6 Å². The van der Waals surface area contributed by atoms with E-state index in [1.165, 1.54) is 44.9 Å². The minimum atomic E-state index is 0.217. The summed E-state index contributed by atoms with van der Waals surface area (Å²) >= 11 is 0. The number of likely N-dealkylation sites (tertiary alicyclic amines) is 1. The van der Waals surface area contributed by atoms with Gasteiger partial charge in [-0.15, -0.1) is 0 Å². The fourth-order valence-corrected chi connectivity index (χ4v) is 3.50. The lowest BCUT2D eigenvalue weighted by Gasteiger charge is -2.28. The lowest BCUT2D eigenvalue weighted by molar-refractivity contribution is 0.177. The number of piperidine rings is 1. The molecule has 0 radical (unpaired) electrons. The van der Waals surface area contributed by atoms with Crippen molar-refractivity contribution in [2.45, 2.75) is 57.0 Å². The molecule has 3 fully saturated rings. The van der Waals surface area contributed by atoms with Gasteiger partial charge < -0.3 is 10.2 Å². The number of carbonyl (C=O) groups excluding carboxylic acids is 1. The van der Waals surface area contributed by atoms with Crippen molar-refractivity contribution in [2.24, 2.45) is 5.92 Å². The van der Waals surface area contributed by atoms with Crippen LogP contribution in [-0.2, 0) is 0 Å². The van der Waals surface area contributed by atoms with Gasteiger partial charge in [0.2, 0.25) is 0 Å². The van der Waals surface area contributed by atoms with Crippen LogP contribution in [0.1, 0.15) is 44.9 Å². The van der Waals surface area contributed by atoms with Crippen molar-refractivity contribution in [3.63, 3.8) is 0 Å². The van der Waals surface area contributed by atoms with Crippen LogP contribution in [0.15, 0.2) is 0 Å². The Kier molecular flexibility index (Phi) is 2.33. The average molecular weight is 208 g/mol. The topological polar surface area (TPSA) is 32.3 Å². The molecular formula is C12H20N2O. The van der Waals surface area contributed by atoms with E-state index in [9.17, 15) is 4.79 Å². The van der Waals surface area contributed by atoms with Gasteiger partial charge in [-0.05, 0) is 38.0 Å². The van der Waals surface area contributed by atoms with Gasteiger partial charge in [0.05, 0.1) is 0 Å². The van der Waals surface area contributed by atoms with Gasteiger partial charge in [-0.25, -0.2) is 4.79 Å². The second-order valence-electron chi connectivity index (χ2n) is 5.42. The molecule has 0 aromatic carbocycles. The third-order valence-electron chi connectivity index (χ3n) is 4.35. The van der Waals surface area contributed by atoms with E-state index in [1.807, 2.05) is 0 Å². The van der Waals surface area contributed by atoms with Crippen molar-refractivity contribution < 1.29 is 4.79 Å². The summed E-state index contributed by atoms with van der Waals surface area (Å²) in [6.07, 6.45) is 8.80. The minimum absolute atomic E-state index is 0.217. The van der Waals surface area contributed by atoms with Gasteiger partial charge in [-0.3, -0.25) is 0 Å². The maximum Gasteiger partial charge on any atom is 0.317 e. The van der Waals surface area contributed by atoms with Gasteiger partial charge in [0.1, 0.15) is 0 Å². The van der Waals surface area contributed by atoms with Crippen LogP contribution in [0.4, 0.5) is 4.79 Å². The largest absolute Gasteiger partial charge is 0.335 e. The molecule has 3 nitrogen and oxygen atoms in total. The predicted octanol–water partition coefficient (Wildman–Crippen LogP) is 2.12. The number of fused-ring (bicyclic) bond motifs is 2. The number of amides is 2. The van der Waals surface area contributed by atoms with E-state index in [2.05, 4.69) is 10.2 Å². The zero-order chi connectivity index (χ0) is 10.3. The van der Waals surface area contributed by atoms with Crippen molar-refractivity contribution >= 4 is 6.03 Å². The van der Waals surface area contributed by atoms with Crippen molar-refractivity contribution in [2.75, 3.05) is 6.54 Å². The van der Waals surface area contributed by atoms with Crippen LogP contribution in [0.25, 0.3) is 0 Å². The van der Waals surface area contributed by atoms with Crippen LogP contribution in [0, 0.1) is 5.92 Å². The Hall–Kier alpha value is -0.730. The number of carbonyl (C=O) groups is 1. The Labute approximate surface area is 91.2 Å². The summed E-state index contributed by atoms with van der Waals surface area (Å²) in [7, 11) is 0. The second kappa shape index (κ2) is 3.69. The average Bonchev–Trinajstić information content (AvgIpc) is 2.93. The molecule has 2 atom stereocenters. The fourth-order valence-electron chi connectivity index (χ4n) is 3.50. The molecule has 3 rings (SSSR count). The van der Waals surface area contributed by atoms with E-state index in [1.54, 1.807) is 0 Å². The molecule has 1 aliphatic heterocycles. The van der Waals surface area contributed by atoms with Crippen LogP contribution >= 0.6 is 0 Å². The zero-order valence-corrected chi connectivity index (χ0v) is 9.24. The summed E-state index contributed by atoms with van der Waals surface area (Å²) < 4.78 is 0. The number of rotatable bonds is 1. The molecule has 0 spiro atoms. The van der Waals surface area contributed by atoms with E-state index < -0.39 is 0 Å². The highest BCUT2D eigenvalue weighted by atomic mass is 16.2. The fraction of sp³-hybridized carbons (Fsp3) is 0.917. The minimum Gasteiger partial charge on any atom is -0.335 e. The van der Waals surface area contributed by atoms with Crippen LogP contribution in [0.5, 0.6) is 0 Å². The molecule has 15 heavy (non-hydrogen) atoms. The smallest absolute Gasteiger partial charge is 0.317 e. The van der Waals surface area contributed by atoms with Crippen molar-refractivity contribution in [1.82, 2.24) is 10.2 Å². The molecule has 2 bridgehead atoms. The number of urea groups is 1. The first-order valence-corrected chi connectivity index (χ1v) is 6.40. The summed E-state index contributed by atoms with van der Waals surface area (Å²) in [6.45, 7) is 1.02. The molecule has 1 saturated heterocycles.